The molecule has 1 aliphatic heterocycles. The highest BCUT2D eigenvalue weighted by Gasteiger charge is 2.29. The van der Waals surface area contributed by atoms with E-state index in [9.17, 15) is 4.79 Å². The zero-order chi connectivity index (χ0) is 19.1. The monoisotopic (exact) mass is 378 g/mol. The number of carbonyl (C=O) groups excluding carboxylic acids is 1. The lowest BCUT2D eigenvalue weighted by Crippen LogP contribution is -2.42. The first-order valence-corrected chi connectivity index (χ1v) is 9.63. The van der Waals surface area contributed by atoms with Gasteiger partial charge in [-0.05, 0) is 61.7 Å². The fraction of sp³-hybridized carbons (Fsp3) is 0.261. The van der Waals surface area contributed by atoms with E-state index in [2.05, 4.69) is 42.7 Å². The summed E-state index contributed by atoms with van der Waals surface area (Å²) in [6.45, 7) is 4.82. The summed E-state index contributed by atoms with van der Waals surface area (Å²) >= 11 is 6.28. The van der Waals surface area contributed by atoms with Crippen LogP contribution in [0.4, 0.5) is 0 Å². The number of fused-ring (bicyclic) bond motifs is 1. The van der Waals surface area contributed by atoms with Crippen LogP contribution < -0.4 is 0 Å². The van der Waals surface area contributed by atoms with Gasteiger partial charge in [-0.15, -0.1) is 0 Å². The van der Waals surface area contributed by atoms with Crippen molar-refractivity contribution in [1.29, 1.82) is 0 Å². The van der Waals surface area contributed by atoms with Crippen molar-refractivity contribution in [2.75, 3.05) is 0 Å². The van der Waals surface area contributed by atoms with Gasteiger partial charge in [0, 0.05) is 47.2 Å². The van der Waals surface area contributed by atoms with Crippen LogP contribution in [-0.4, -0.2) is 21.4 Å². The van der Waals surface area contributed by atoms with E-state index in [1.165, 1.54) is 11.1 Å². The molecule has 0 fully saturated rings. The number of aryl methyl sites for hydroxylation is 1. The molecule has 1 aliphatic rings. The van der Waals surface area contributed by atoms with Gasteiger partial charge in [0.2, 0.25) is 0 Å². The number of rotatable bonds is 2. The topological polar surface area (TPSA) is 25.2 Å². The second kappa shape index (κ2) is 6.90. The molecule has 4 rings (SSSR count). The van der Waals surface area contributed by atoms with E-state index in [-0.39, 0.29) is 11.9 Å². The quantitative estimate of drug-likeness (QED) is 0.598. The molecule has 3 nitrogen and oxygen atoms in total. The summed E-state index contributed by atoms with van der Waals surface area (Å²) in [7, 11) is 2.01. The first kappa shape index (κ1) is 17.9. The van der Waals surface area contributed by atoms with E-state index < -0.39 is 0 Å². The van der Waals surface area contributed by atoms with Crippen LogP contribution in [0.5, 0.6) is 0 Å². The number of carbonyl (C=O) groups is 1. The van der Waals surface area contributed by atoms with Crippen LogP contribution in [0.1, 0.15) is 34.1 Å². The van der Waals surface area contributed by atoms with E-state index in [0.29, 0.717) is 17.1 Å². The Bertz CT molecular complexity index is 1020. The number of halogens is 1. The summed E-state index contributed by atoms with van der Waals surface area (Å²) in [4.78, 5) is 15.5. The third kappa shape index (κ3) is 3.17. The molecule has 0 N–H and O–H groups in total. The maximum absolute atomic E-state index is 13.5. The van der Waals surface area contributed by atoms with Crippen molar-refractivity contribution in [2.45, 2.75) is 32.9 Å². The first-order chi connectivity index (χ1) is 13.0. The second-order valence-electron chi connectivity index (χ2n) is 7.36. The summed E-state index contributed by atoms with van der Waals surface area (Å²) < 4.78 is 2.09. The predicted molar refractivity (Wildman–Crippen MR) is 110 cm³/mol. The molecule has 0 unspecified atom stereocenters. The molecule has 27 heavy (non-hydrogen) atoms. The maximum Gasteiger partial charge on any atom is 0.255 e. The van der Waals surface area contributed by atoms with Gasteiger partial charge in [-0.2, -0.15) is 0 Å². The predicted octanol–water partition coefficient (Wildman–Crippen LogP) is 5.24. The highest BCUT2D eigenvalue weighted by atomic mass is 35.5. The Labute approximate surface area is 165 Å². The molecule has 3 aromatic rings. The molecule has 1 atom stereocenters. The first-order valence-electron chi connectivity index (χ1n) is 9.25. The number of benzene rings is 2. The molecule has 0 spiro atoms. The average molecular weight is 379 g/mol. The van der Waals surface area contributed by atoms with Gasteiger partial charge in [-0.1, -0.05) is 35.9 Å². The Hall–Kier alpha value is -2.52. The van der Waals surface area contributed by atoms with Gasteiger partial charge in [0.1, 0.15) is 0 Å². The summed E-state index contributed by atoms with van der Waals surface area (Å²) in [6, 6.07) is 18.2. The van der Waals surface area contributed by atoms with Gasteiger partial charge in [-0.25, -0.2) is 0 Å². The number of hydrogen-bond donors (Lipinski definition) is 0. The maximum atomic E-state index is 13.5. The molecule has 0 radical (unpaired) electrons. The summed E-state index contributed by atoms with van der Waals surface area (Å²) in [5.41, 5.74) is 6.30. The van der Waals surface area contributed by atoms with Crippen molar-refractivity contribution in [1.82, 2.24) is 9.47 Å². The molecule has 0 bridgehead atoms. The fourth-order valence-electron chi connectivity index (χ4n) is 3.90. The van der Waals surface area contributed by atoms with E-state index in [1.54, 1.807) is 6.07 Å². The number of aromatic nitrogens is 1. The SMILES string of the molecule is Cc1ccc(-c2cc(Cl)ccc2C(=O)N2Cc3ccccc3C[C@H]2C)n1C. The Morgan fingerprint density at radius 3 is 2.52 bits per heavy atom. The molecule has 1 amide bonds. The smallest absolute Gasteiger partial charge is 0.255 e. The van der Waals surface area contributed by atoms with Crippen molar-refractivity contribution in [3.05, 3.63) is 82.0 Å². The van der Waals surface area contributed by atoms with Crippen LogP contribution in [-0.2, 0) is 20.0 Å². The van der Waals surface area contributed by atoms with Gasteiger partial charge in [0.05, 0.1) is 0 Å². The van der Waals surface area contributed by atoms with E-state index >= 15 is 0 Å². The summed E-state index contributed by atoms with van der Waals surface area (Å²) in [5, 5.41) is 0.637. The van der Waals surface area contributed by atoms with Crippen LogP contribution in [0.25, 0.3) is 11.3 Å². The lowest BCUT2D eigenvalue weighted by Gasteiger charge is -2.35. The number of nitrogens with zero attached hydrogens (tertiary/aromatic N) is 2. The lowest BCUT2D eigenvalue weighted by molar-refractivity contribution is 0.0659. The second-order valence-corrected chi connectivity index (χ2v) is 7.80. The third-order valence-electron chi connectivity index (χ3n) is 5.63. The molecular weight excluding hydrogens is 356 g/mol. The zero-order valence-corrected chi connectivity index (χ0v) is 16.6. The normalized spacial score (nSPS) is 16.3. The van der Waals surface area contributed by atoms with Crippen molar-refractivity contribution in [2.24, 2.45) is 7.05 Å². The van der Waals surface area contributed by atoms with Gasteiger partial charge in [0.15, 0.2) is 0 Å². The minimum Gasteiger partial charge on any atom is -0.348 e. The molecule has 0 saturated heterocycles. The van der Waals surface area contributed by atoms with Gasteiger partial charge >= 0.3 is 0 Å². The minimum absolute atomic E-state index is 0.0579. The Morgan fingerprint density at radius 1 is 1.07 bits per heavy atom. The van der Waals surface area contributed by atoms with E-state index in [4.69, 9.17) is 11.6 Å². The highest BCUT2D eigenvalue weighted by molar-refractivity contribution is 6.31. The highest BCUT2D eigenvalue weighted by Crippen LogP contribution is 2.31. The Balaban J connectivity index is 1.76. The molecule has 138 valence electrons. The van der Waals surface area contributed by atoms with Gasteiger partial charge in [0.25, 0.3) is 5.91 Å². The standard InChI is InChI=1S/C23H23ClN2O/c1-15-8-11-22(25(15)3)21-13-19(24)9-10-20(21)23(27)26-14-18-7-5-4-6-17(18)12-16(26)2/h4-11,13,16H,12,14H2,1-3H3/t16-/m1/s1. The minimum atomic E-state index is 0.0579. The van der Waals surface area contributed by atoms with Crippen LogP contribution in [0.2, 0.25) is 5.02 Å². The Morgan fingerprint density at radius 2 is 1.81 bits per heavy atom. The van der Waals surface area contributed by atoms with Crippen molar-refractivity contribution in [3.63, 3.8) is 0 Å². The van der Waals surface area contributed by atoms with E-state index in [0.717, 1.165) is 23.4 Å². The van der Waals surface area contributed by atoms with E-state index in [1.807, 2.05) is 36.2 Å². The van der Waals surface area contributed by atoms with Crippen molar-refractivity contribution >= 4 is 17.5 Å². The molecule has 2 aromatic carbocycles. The van der Waals surface area contributed by atoms with Crippen LogP contribution in [0.15, 0.2) is 54.6 Å². The summed E-state index contributed by atoms with van der Waals surface area (Å²) in [6.07, 6.45) is 0.883. The molecule has 2 heterocycles. The lowest BCUT2D eigenvalue weighted by atomic mass is 9.93. The van der Waals surface area contributed by atoms with Crippen molar-refractivity contribution < 1.29 is 4.79 Å². The number of amides is 1. The molecule has 0 aliphatic carbocycles. The zero-order valence-electron chi connectivity index (χ0n) is 15.9. The average Bonchev–Trinajstić information content (AvgIpc) is 2.99. The number of hydrogen-bond acceptors (Lipinski definition) is 1. The van der Waals surface area contributed by atoms with Crippen molar-refractivity contribution in [3.8, 4) is 11.3 Å². The van der Waals surface area contributed by atoms with Crippen LogP contribution in [0.3, 0.4) is 0 Å². The molecular formula is C23H23ClN2O. The Kier molecular flexibility index (Phi) is 4.56. The van der Waals surface area contributed by atoms with Crippen LogP contribution in [0, 0.1) is 6.92 Å². The third-order valence-corrected chi connectivity index (χ3v) is 5.86. The van der Waals surface area contributed by atoms with Gasteiger partial charge in [-0.3, -0.25) is 4.79 Å². The van der Waals surface area contributed by atoms with Crippen LogP contribution >= 0.6 is 11.6 Å². The molecule has 4 heteroatoms. The largest absolute Gasteiger partial charge is 0.348 e. The summed E-state index contributed by atoms with van der Waals surface area (Å²) in [5.74, 6) is 0.0579. The fourth-order valence-corrected chi connectivity index (χ4v) is 4.08. The van der Waals surface area contributed by atoms with Gasteiger partial charge < -0.3 is 9.47 Å². The molecule has 0 saturated carbocycles. The molecule has 1 aromatic heterocycles.